The first kappa shape index (κ1) is 16.1. The highest BCUT2D eigenvalue weighted by molar-refractivity contribution is 7.99. The molecule has 0 radical (unpaired) electrons. The molecule has 2 aliphatic rings. The molecule has 0 aromatic rings. The minimum atomic E-state index is -0.531. The molecular formula is C15H27NO3S. The summed E-state index contributed by atoms with van der Waals surface area (Å²) in [6, 6.07) is 0.0250. The Bertz CT molecular complexity index is 316. The zero-order valence-corrected chi connectivity index (χ0v) is 13.5. The second-order valence-electron chi connectivity index (χ2n) is 6.11. The molecule has 1 aliphatic carbocycles. The number of rotatable bonds is 6. The van der Waals surface area contributed by atoms with E-state index in [0.29, 0.717) is 24.9 Å². The highest BCUT2D eigenvalue weighted by atomic mass is 32.2. The lowest BCUT2D eigenvalue weighted by Gasteiger charge is -2.39. The Morgan fingerprint density at radius 2 is 2.10 bits per heavy atom. The van der Waals surface area contributed by atoms with Crippen LogP contribution in [0.15, 0.2) is 0 Å². The van der Waals surface area contributed by atoms with E-state index in [1.807, 2.05) is 0 Å². The number of nitrogens with one attached hydrogen (secondary N) is 1. The van der Waals surface area contributed by atoms with Crippen molar-refractivity contribution < 1.29 is 14.3 Å². The second-order valence-corrected chi connectivity index (χ2v) is 7.21. The number of ether oxygens (including phenoxy) is 2. The molecule has 1 heterocycles. The number of hydrogen-bond acceptors (Lipinski definition) is 4. The Hall–Kier alpha value is -0.260. The highest BCUT2D eigenvalue weighted by Crippen LogP contribution is 2.36. The van der Waals surface area contributed by atoms with Gasteiger partial charge in [-0.2, -0.15) is 11.8 Å². The minimum Gasteiger partial charge on any atom is -0.347 e. The quantitative estimate of drug-likeness (QED) is 0.766. The van der Waals surface area contributed by atoms with E-state index in [1.165, 1.54) is 0 Å². The smallest absolute Gasteiger partial charge is 0.230 e. The largest absolute Gasteiger partial charge is 0.347 e. The topological polar surface area (TPSA) is 47.6 Å². The summed E-state index contributed by atoms with van der Waals surface area (Å²) in [7, 11) is 0. The van der Waals surface area contributed by atoms with Crippen LogP contribution in [0.5, 0.6) is 0 Å². The molecule has 1 N–H and O–H groups in total. The van der Waals surface area contributed by atoms with Gasteiger partial charge in [-0.3, -0.25) is 4.79 Å². The van der Waals surface area contributed by atoms with Crippen molar-refractivity contribution in [2.75, 3.05) is 24.7 Å². The van der Waals surface area contributed by atoms with Gasteiger partial charge in [-0.25, -0.2) is 0 Å². The average Bonchev–Trinajstić information content (AvgIpc) is 2.87. The van der Waals surface area contributed by atoms with Gasteiger partial charge in [0, 0.05) is 6.42 Å². The van der Waals surface area contributed by atoms with Gasteiger partial charge in [0.05, 0.1) is 25.0 Å². The predicted octanol–water partition coefficient (Wildman–Crippen LogP) is 2.57. The van der Waals surface area contributed by atoms with Crippen molar-refractivity contribution in [3.05, 3.63) is 0 Å². The number of amides is 1. The molecule has 1 saturated heterocycles. The van der Waals surface area contributed by atoms with E-state index in [0.717, 1.165) is 37.9 Å². The molecule has 2 fully saturated rings. The van der Waals surface area contributed by atoms with Crippen LogP contribution in [0, 0.1) is 5.92 Å². The molecule has 1 atom stereocenters. The molecule has 5 heteroatoms. The van der Waals surface area contributed by atoms with Crippen molar-refractivity contribution in [2.24, 2.45) is 5.92 Å². The Morgan fingerprint density at radius 1 is 1.35 bits per heavy atom. The number of thioether (sulfide) groups is 1. The van der Waals surface area contributed by atoms with E-state index in [-0.39, 0.29) is 11.9 Å². The highest BCUT2D eigenvalue weighted by Gasteiger charge is 2.46. The van der Waals surface area contributed by atoms with Gasteiger partial charge in [-0.1, -0.05) is 20.3 Å². The Labute approximate surface area is 126 Å². The standard InChI is InChI=1S/C15H27NO3S/c1-12(2)6-10-20-11-14(17)16-13-5-3-4-7-15(13)18-8-9-19-15/h12-13H,3-11H2,1-2H3,(H,16,17)/t13-/m1/s1. The Morgan fingerprint density at radius 3 is 2.80 bits per heavy atom. The van der Waals surface area contributed by atoms with Gasteiger partial charge in [0.15, 0.2) is 5.79 Å². The van der Waals surface area contributed by atoms with Crippen LogP contribution in [0.25, 0.3) is 0 Å². The van der Waals surface area contributed by atoms with Crippen LogP contribution in [0.1, 0.15) is 46.0 Å². The molecule has 1 amide bonds. The van der Waals surface area contributed by atoms with Gasteiger partial charge in [-0.15, -0.1) is 0 Å². The third-order valence-electron chi connectivity index (χ3n) is 3.98. The van der Waals surface area contributed by atoms with E-state index in [4.69, 9.17) is 9.47 Å². The second kappa shape index (κ2) is 7.66. The molecule has 0 aromatic heterocycles. The summed E-state index contributed by atoms with van der Waals surface area (Å²) in [5.41, 5.74) is 0. The minimum absolute atomic E-state index is 0.0250. The van der Waals surface area contributed by atoms with E-state index in [2.05, 4.69) is 19.2 Å². The number of carbonyl (C=O) groups excluding carboxylic acids is 1. The maximum Gasteiger partial charge on any atom is 0.230 e. The molecule has 0 bridgehead atoms. The van der Waals surface area contributed by atoms with Crippen LogP contribution in [-0.2, 0) is 14.3 Å². The van der Waals surface area contributed by atoms with E-state index in [9.17, 15) is 4.79 Å². The lowest BCUT2D eigenvalue weighted by Crippen LogP contribution is -2.55. The Kier molecular flexibility index (Phi) is 6.18. The molecule has 2 rings (SSSR count). The first-order valence-corrected chi connectivity index (χ1v) is 8.93. The normalized spacial score (nSPS) is 25.2. The maximum atomic E-state index is 12.1. The summed E-state index contributed by atoms with van der Waals surface area (Å²) in [6.45, 7) is 5.72. The molecule has 20 heavy (non-hydrogen) atoms. The zero-order chi connectivity index (χ0) is 14.4. The summed E-state index contributed by atoms with van der Waals surface area (Å²) in [5, 5.41) is 3.13. The maximum absolute atomic E-state index is 12.1. The fraction of sp³-hybridized carbons (Fsp3) is 0.933. The lowest BCUT2D eigenvalue weighted by atomic mass is 9.89. The molecule has 0 unspecified atom stereocenters. The van der Waals surface area contributed by atoms with Crippen LogP contribution in [0.3, 0.4) is 0 Å². The molecule has 1 saturated carbocycles. The van der Waals surface area contributed by atoms with Gasteiger partial charge in [0.1, 0.15) is 0 Å². The number of carbonyl (C=O) groups is 1. The first-order valence-electron chi connectivity index (χ1n) is 7.77. The molecule has 4 nitrogen and oxygen atoms in total. The van der Waals surface area contributed by atoms with E-state index in [1.54, 1.807) is 11.8 Å². The fourth-order valence-corrected chi connectivity index (χ4v) is 3.88. The summed E-state index contributed by atoms with van der Waals surface area (Å²) in [4.78, 5) is 12.1. The van der Waals surface area contributed by atoms with Crippen LogP contribution in [0.4, 0.5) is 0 Å². The third kappa shape index (κ3) is 4.37. The van der Waals surface area contributed by atoms with Crippen molar-refractivity contribution in [3.8, 4) is 0 Å². The molecular weight excluding hydrogens is 274 g/mol. The summed E-state index contributed by atoms with van der Waals surface area (Å²) in [5.74, 6) is 1.88. The third-order valence-corrected chi connectivity index (χ3v) is 4.97. The van der Waals surface area contributed by atoms with Crippen LogP contribution in [-0.4, -0.2) is 42.5 Å². The van der Waals surface area contributed by atoms with Gasteiger partial charge in [0.2, 0.25) is 5.91 Å². The molecule has 1 aliphatic heterocycles. The van der Waals surface area contributed by atoms with Gasteiger partial charge < -0.3 is 14.8 Å². The van der Waals surface area contributed by atoms with Crippen molar-refractivity contribution >= 4 is 17.7 Å². The van der Waals surface area contributed by atoms with Crippen LogP contribution >= 0.6 is 11.8 Å². The molecule has 1 spiro atoms. The van der Waals surface area contributed by atoms with Crippen molar-refractivity contribution in [2.45, 2.75) is 57.8 Å². The van der Waals surface area contributed by atoms with Gasteiger partial charge >= 0.3 is 0 Å². The first-order chi connectivity index (χ1) is 9.62. The Balaban J connectivity index is 1.74. The fourth-order valence-electron chi connectivity index (χ4n) is 2.83. The van der Waals surface area contributed by atoms with Crippen LogP contribution in [0.2, 0.25) is 0 Å². The SMILES string of the molecule is CC(C)CCSCC(=O)N[C@@H]1CCCCC12OCCO2. The van der Waals surface area contributed by atoms with E-state index >= 15 is 0 Å². The molecule has 0 aromatic carbocycles. The monoisotopic (exact) mass is 301 g/mol. The lowest BCUT2D eigenvalue weighted by molar-refractivity contribution is -0.196. The molecule has 116 valence electrons. The van der Waals surface area contributed by atoms with E-state index < -0.39 is 5.79 Å². The van der Waals surface area contributed by atoms with Crippen molar-refractivity contribution in [1.29, 1.82) is 0 Å². The summed E-state index contributed by atoms with van der Waals surface area (Å²) < 4.78 is 11.6. The summed E-state index contributed by atoms with van der Waals surface area (Å²) in [6.07, 6.45) is 5.29. The van der Waals surface area contributed by atoms with Gasteiger partial charge in [0.25, 0.3) is 0 Å². The number of hydrogen-bond donors (Lipinski definition) is 1. The average molecular weight is 301 g/mol. The van der Waals surface area contributed by atoms with Crippen molar-refractivity contribution in [1.82, 2.24) is 5.32 Å². The van der Waals surface area contributed by atoms with Crippen molar-refractivity contribution in [3.63, 3.8) is 0 Å². The van der Waals surface area contributed by atoms with Crippen LogP contribution < -0.4 is 5.32 Å². The van der Waals surface area contributed by atoms with Gasteiger partial charge in [-0.05, 0) is 30.9 Å². The summed E-state index contributed by atoms with van der Waals surface area (Å²) >= 11 is 1.72. The predicted molar refractivity (Wildman–Crippen MR) is 81.8 cm³/mol. The zero-order valence-electron chi connectivity index (χ0n) is 12.7.